The van der Waals surface area contributed by atoms with E-state index < -0.39 is 0 Å². The van der Waals surface area contributed by atoms with Gasteiger partial charge in [0.05, 0.1) is 0 Å². The van der Waals surface area contributed by atoms with Gasteiger partial charge in [-0.2, -0.15) is 0 Å². The predicted octanol–water partition coefficient (Wildman–Crippen LogP) is 3.50. The van der Waals surface area contributed by atoms with E-state index in [0.29, 0.717) is 18.1 Å². The van der Waals surface area contributed by atoms with E-state index in [-0.39, 0.29) is 5.97 Å². The number of hydrogen-bond donors (Lipinski definition) is 0. The minimum absolute atomic E-state index is 0.353. The lowest BCUT2D eigenvalue weighted by Crippen LogP contribution is -2.04. The zero-order chi connectivity index (χ0) is 13.7. The van der Waals surface area contributed by atoms with Crippen LogP contribution >= 0.6 is 0 Å². The van der Waals surface area contributed by atoms with Crippen molar-refractivity contribution >= 4 is 5.97 Å². The predicted molar refractivity (Wildman–Crippen MR) is 73.3 cm³/mol. The van der Waals surface area contributed by atoms with Crippen molar-refractivity contribution in [2.24, 2.45) is 0 Å². The van der Waals surface area contributed by atoms with Gasteiger partial charge in [-0.1, -0.05) is 36.4 Å². The molecule has 98 valence electrons. The zero-order valence-electron chi connectivity index (χ0n) is 11.1. The summed E-state index contributed by atoms with van der Waals surface area (Å²) in [5, 5.41) is 0. The van der Waals surface area contributed by atoms with Crippen LogP contribution in [0.25, 0.3) is 0 Å². The summed E-state index contributed by atoms with van der Waals surface area (Å²) >= 11 is 0. The number of rotatable bonds is 4. The van der Waals surface area contributed by atoms with Crippen LogP contribution < -0.4 is 9.47 Å². The molecule has 0 aliphatic rings. The largest absolute Gasteiger partial charge is 0.485 e. The Balaban J connectivity index is 2.14. The molecule has 0 atom stereocenters. The highest BCUT2D eigenvalue weighted by atomic mass is 16.6. The van der Waals surface area contributed by atoms with Gasteiger partial charge >= 0.3 is 5.97 Å². The Labute approximate surface area is 112 Å². The molecule has 0 amide bonds. The number of carbonyl (C=O) groups excluding carboxylic acids is 1. The van der Waals surface area contributed by atoms with Gasteiger partial charge in [0.25, 0.3) is 0 Å². The van der Waals surface area contributed by atoms with Gasteiger partial charge in [-0.25, -0.2) is 0 Å². The molecule has 0 bridgehead atoms. The molecule has 0 aliphatic carbocycles. The molecule has 0 fully saturated rings. The SMILES string of the molecule is CC(=O)Oc1ccc(C)cc1OCc1ccccc1. The summed E-state index contributed by atoms with van der Waals surface area (Å²) in [4.78, 5) is 11.0. The van der Waals surface area contributed by atoms with E-state index in [1.165, 1.54) is 6.92 Å². The molecule has 0 unspecified atom stereocenters. The molecule has 0 saturated heterocycles. The summed E-state index contributed by atoms with van der Waals surface area (Å²) in [6, 6.07) is 15.3. The summed E-state index contributed by atoms with van der Waals surface area (Å²) in [7, 11) is 0. The smallest absolute Gasteiger partial charge is 0.308 e. The average molecular weight is 256 g/mol. The van der Waals surface area contributed by atoms with E-state index in [9.17, 15) is 4.79 Å². The normalized spacial score (nSPS) is 10.0. The second-order valence-corrected chi connectivity index (χ2v) is 4.32. The molecule has 0 heterocycles. The number of hydrogen-bond acceptors (Lipinski definition) is 3. The van der Waals surface area contributed by atoms with Crippen molar-refractivity contribution in [3.8, 4) is 11.5 Å². The Bertz CT molecular complexity index is 561. The maximum absolute atomic E-state index is 11.0. The van der Waals surface area contributed by atoms with Crippen LogP contribution in [0.3, 0.4) is 0 Å². The fourth-order valence-corrected chi connectivity index (χ4v) is 1.70. The second kappa shape index (κ2) is 6.05. The first-order chi connectivity index (χ1) is 9.15. The van der Waals surface area contributed by atoms with E-state index in [1.54, 1.807) is 6.07 Å². The standard InChI is InChI=1S/C16H16O3/c1-12-8-9-15(19-13(2)17)16(10-12)18-11-14-6-4-3-5-7-14/h3-10H,11H2,1-2H3. The molecule has 0 spiro atoms. The van der Waals surface area contributed by atoms with E-state index in [0.717, 1.165) is 11.1 Å². The molecule has 2 rings (SSSR count). The molecule has 0 aromatic heterocycles. The van der Waals surface area contributed by atoms with Gasteiger partial charge in [0.15, 0.2) is 11.5 Å². The van der Waals surface area contributed by atoms with Crippen LogP contribution in [-0.4, -0.2) is 5.97 Å². The Kier molecular flexibility index (Phi) is 4.18. The highest BCUT2D eigenvalue weighted by Crippen LogP contribution is 2.29. The molecule has 3 nitrogen and oxygen atoms in total. The van der Waals surface area contributed by atoms with Gasteiger partial charge in [0.2, 0.25) is 0 Å². The Morgan fingerprint density at radius 3 is 2.47 bits per heavy atom. The van der Waals surface area contributed by atoms with Crippen molar-refractivity contribution in [2.75, 3.05) is 0 Å². The maximum Gasteiger partial charge on any atom is 0.308 e. The summed E-state index contributed by atoms with van der Waals surface area (Å²) in [6.45, 7) is 3.78. The molecular weight excluding hydrogens is 240 g/mol. The molecule has 0 aliphatic heterocycles. The first-order valence-electron chi connectivity index (χ1n) is 6.11. The highest BCUT2D eigenvalue weighted by molar-refractivity contribution is 5.70. The first kappa shape index (κ1) is 13.1. The molecule has 0 radical (unpaired) electrons. The summed E-state index contributed by atoms with van der Waals surface area (Å²) < 4.78 is 10.9. The molecule has 3 heteroatoms. The first-order valence-corrected chi connectivity index (χ1v) is 6.11. The minimum Gasteiger partial charge on any atom is -0.485 e. The summed E-state index contributed by atoms with van der Waals surface area (Å²) in [6.07, 6.45) is 0. The summed E-state index contributed by atoms with van der Waals surface area (Å²) in [5.41, 5.74) is 2.12. The summed E-state index contributed by atoms with van der Waals surface area (Å²) in [5.74, 6) is 0.682. The van der Waals surface area contributed by atoms with Gasteiger partial charge < -0.3 is 9.47 Å². The maximum atomic E-state index is 11.0. The van der Waals surface area contributed by atoms with Crippen molar-refractivity contribution < 1.29 is 14.3 Å². The van der Waals surface area contributed by atoms with E-state index >= 15 is 0 Å². The van der Waals surface area contributed by atoms with Crippen LogP contribution in [-0.2, 0) is 11.4 Å². The molecule has 0 N–H and O–H groups in total. The Hall–Kier alpha value is -2.29. The van der Waals surface area contributed by atoms with Crippen molar-refractivity contribution in [3.05, 3.63) is 59.7 Å². The average Bonchev–Trinajstić information content (AvgIpc) is 2.40. The monoisotopic (exact) mass is 256 g/mol. The van der Waals surface area contributed by atoms with Crippen LogP contribution in [0.4, 0.5) is 0 Å². The highest BCUT2D eigenvalue weighted by Gasteiger charge is 2.08. The number of ether oxygens (including phenoxy) is 2. The van der Waals surface area contributed by atoms with Crippen molar-refractivity contribution in [2.45, 2.75) is 20.5 Å². The fraction of sp³-hybridized carbons (Fsp3) is 0.188. The molecule has 2 aromatic rings. The second-order valence-electron chi connectivity index (χ2n) is 4.32. The lowest BCUT2D eigenvalue weighted by Gasteiger charge is -2.11. The molecule has 19 heavy (non-hydrogen) atoms. The van der Waals surface area contributed by atoms with Gasteiger partial charge in [-0.3, -0.25) is 4.79 Å². The number of carbonyl (C=O) groups is 1. The fourth-order valence-electron chi connectivity index (χ4n) is 1.70. The van der Waals surface area contributed by atoms with Crippen LogP contribution in [0.15, 0.2) is 48.5 Å². The quantitative estimate of drug-likeness (QED) is 0.620. The van der Waals surface area contributed by atoms with Crippen LogP contribution in [0, 0.1) is 6.92 Å². The van der Waals surface area contributed by atoms with Gasteiger partial charge in [-0.15, -0.1) is 0 Å². The van der Waals surface area contributed by atoms with Crippen molar-refractivity contribution in [3.63, 3.8) is 0 Å². The molecule has 2 aromatic carbocycles. The third kappa shape index (κ3) is 3.85. The number of esters is 1. The Morgan fingerprint density at radius 1 is 1.05 bits per heavy atom. The number of aryl methyl sites for hydroxylation is 1. The van der Waals surface area contributed by atoms with Crippen molar-refractivity contribution in [1.29, 1.82) is 0 Å². The van der Waals surface area contributed by atoms with Crippen LogP contribution in [0.2, 0.25) is 0 Å². The van der Waals surface area contributed by atoms with Gasteiger partial charge in [0.1, 0.15) is 6.61 Å². The van der Waals surface area contributed by atoms with Crippen molar-refractivity contribution in [1.82, 2.24) is 0 Å². The lowest BCUT2D eigenvalue weighted by molar-refractivity contribution is -0.132. The van der Waals surface area contributed by atoms with Gasteiger partial charge in [0, 0.05) is 6.92 Å². The number of benzene rings is 2. The molecular formula is C16H16O3. The van der Waals surface area contributed by atoms with Crippen LogP contribution in [0.1, 0.15) is 18.1 Å². The third-order valence-electron chi connectivity index (χ3n) is 2.59. The zero-order valence-corrected chi connectivity index (χ0v) is 11.1. The lowest BCUT2D eigenvalue weighted by atomic mass is 10.2. The van der Waals surface area contributed by atoms with E-state index in [1.807, 2.05) is 49.4 Å². The minimum atomic E-state index is -0.353. The van der Waals surface area contributed by atoms with E-state index in [2.05, 4.69) is 0 Å². The topological polar surface area (TPSA) is 35.5 Å². The van der Waals surface area contributed by atoms with Gasteiger partial charge in [-0.05, 0) is 30.2 Å². The third-order valence-corrected chi connectivity index (χ3v) is 2.59. The Morgan fingerprint density at radius 2 is 1.79 bits per heavy atom. The van der Waals surface area contributed by atoms with Crippen LogP contribution in [0.5, 0.6) is 11.5 Å². The molecule has 0 saturated carbocycles. The van der Waals surface area contributed by atoms with E-state index in [4.69, 9.17) is 9.47 Å².